The van der Waals surface area contributed by atoms with E-state index in [0.29, 0.717) is 0 Å². The first-order valence-corrected chi connectivity index (χ1v) is 6.31. The number of benzene rings is 1. The van der Waals surface area contributed by atoms with E-state index < -0.39 is 0 Å². The molecule has 0 heterocycles. The Kier molecular flexibility index (Phi) is 4.23. The van der Waals surface area contributed by atoms with Crippen molar-refractivity contribution >= 4 is 0 Å². The molecule has 1 N–H and O–H groups in total. The van der Waals surface area contributed by atoms with Gasteiger partial charge in [0.1, 0.15) is 5.75 Å². The summed E-state index contributed by atoms with van der Waals surface area (Å²) in [6.07, 6.45) is 3.89. The topological polar surface area (TPSA) is 21.3 Å². The third-order valence-electron chi connectivity index (χ3n) is 2.86. The average Bonchev–Trinajstić information content (AvgIpc) is 3.12. The summed E-state index contributed by atoms with van der Waals surface area (Å²) in [6, 6.07) is 8.41. The van der Waals surface area contributed by atoms with Gasteiger partial charge in [0, 0.05) is 6.54 Å². The summed E-state index contributed by atoms with van der Waals surface area (Å²) in [5, 5.41) is 3.49. The van der Waals surface area contributed by atoms with Crippen molar-refractivity contribution in [3.8, 4) is 5.75 Å². The second kappa shape index (κ2) is 5.90. The van der Waals surface area contributed by atoms with Crippen LogP contribution >= 0.6 is 0 Å². The molecule has 1 saturated carbocycles. The van der Waals surface area contributed by atoms with E-state index in [1.165, 1.54) is 24.9 Å². The third-order valence-corrected chi connectivity index (χ3v) is 2.86. The molecular weight excluding hydrogens is 198 g/mol. The lowest BCUT2D eigenvalue weighted by Gasteiger charge is -2.06. The van der Waals surface area contributed by atoms with Gasteiger partial charge in [-0.2, -0.15) is 0 Å². The molecule has 0 bridgehead atoms. The fraction of sp³-hybridized carbons (Fsp3) is 0.571. The molecule has 0 aliphatic heterocycles. The summed E-state index contributed by atoms with van der Waals surface area (Å²) in [6.45, 7) is 5.08. The second-order valence-electron chi connectivity index (χ2n) is 4.57. The van der Waals surface area contributed by atoms with E-state index in [1.807, 2.05) is 0 Å². The Labute approximate surface area is 98.0 Å². The average molecular weight is 219 g/mol. The van der Waals surface area contributed by atoms with E-state index in [-0.39, 0.29) is 0 Å². The summed E-state index contributed by atoms with van der Waals surface area (Å²) in [7, 11) is 0. The van der Waals surface area contributed by atoms with E-state index >= 15 is 0 Å². The minimum Gasteiger partial charge on any atom is -0.494 e. The van der Waals surface area contributed by atoms with Gasteiger partial charge in [0.2, 0.25) is 0 Å². The van der Waals surface area contributed by atoms with E-state index in [9.17, 15) is 0 Å². The van der Waals surface area contributed by atoms with Crippen LogP contribution in [0.15, 0.2) is 24.3 Å². The van der Waals surface area contributed by atoms with Crippen LogP contribution in [0.3, 0.4) is 0 Å². The van der Waals surface area contributed by atoms with Gasteiger partial charge in [0.15, 0.2) is 0 Å². The van der Waals surface area contributed by atoms with Crippen molar-refractivity contribution in [1.82, 2.24) is 5.32 Å². The molecule has 0 spiro atoms. The minimum absolute atomic E-state index is 0.805. The van der Waals surface area contributed by atoms with Crippen molar-refractivity contribution in [3.05, 3.63) is 29.8 Å². The maximum atomic E-state index is 5.54. The van der Waals surface area contributed by atoms with Gasteiger partial charge in [0.25, 0.3) is 0 Å². The van der Waals surface area contributed by atoms with E-state index in [0.717, 1.165) is 31.2 Å². The van der Waals surface area contributed by atoms with Crippen LogP contribution in [0.2, 0.25) is 0 Å². The first-order valence-electron chi connectivity index (χ1n) is 6.31. The Bertz CT molecular complexity index is 303. The Hall–Kier alpha value is -1.02. The van der Waals surface area contributed by atoms with Crippen LogP contribution in [0.1, 0.15) is 31.7 Å². The standard InChI is InChI=1S/C14H21NO/c1-2-9-16-14-7-5-13(6-8-14)11-15-10-12-3-4-12/h5-8,12,15H,2-4,9-11H2,1H3. The van der Waals surface area contributed by atoms with Crippen molar-refractivity contribution in [2.24, 2.45) is 5.92 Å². The van der Waals surface area contributed by atoms with Crippen LogP contribution in [0.5, 0.6) is 5.75 Å². The summed E-state index contributed by atoms with van der Waals surface area (Å²) in [4.78, 5) is 0. The van der Waals surface area contributed by atoms with Crippen LogP contribution in [0.25, 0.3) is 0 Å². The first kappa shape index (κ1) is 11.5. The lowest BCUT2D eigenvalue weighted by atomic mass is 10.2. The molecular formula is C14H21NO. The summed E-state index contributed by atoms with van der Waals surface area (Å²) >= 11 is 0. The van der Waals surface area contributed by atoms with Gasteiger partial charge in [-0.1, -0.05) is 19.1 Å². The largest absolute Gasteiger partial charge is 0.494 e. The molecule has 0 amide bonds. The highest BCUT2D eigenvalue weighted by molar-refractivity contribution is 5.27. The molecule has 16 heavy (non-hydrogen) atoms. The van der Waals surface area contributed by atoms with Crippen LogP contribution in [0, 0.1) is 5.92 Å². The van der Waals surface area contributed by atoms with Crippen molar-refractivity contribution in [2.75, 3.05) is 13.2 Å². The molecule has 88 valence electrons. The fourth-order valence-electron chi connectivity index (χ4n) is 1.67. The van der Waals surface area contributed by atoms with Gasteiger partial charge in [-0.05, 0) is 49.4 Å². The van der Waals surface area contributed by atoms with Crippen LogP contribution in [-0.2, 0) is 6.54 Å². The zero-order chi connectivity index (χ0) is 11.2. The van der Waals surface area contributed by atoms with Crippen LogP contribution in [0.4, 0.5) is 0 Å². The number of nitrogens with one attached hydrogen (secondary N) is 1. The van der Waals surface area contributed by atoms with Crippen molar-refractivity contribution < 1.29 is 4.74 Å². The predicted molar refractivity (Wildman–Crippen MR) is 66.7 cm³/mol. The lowest BCUT2D eigenvalue weighted by Crippen LogP contribution is -2.15. The number of hydrogen-bond acceptors (Lipinski definition) is 2. The Morgan fingerprint density at radius 1 is 1.25 bits per heavy atom. The highest BCUT2D eigenvalue weighted by Crippen LogP contribution is 2.27. The molecule has 1 aliphatic carbocycles. The van der Waals surface area contributed by atoms with Gasteiger partial charge < -0.3 is 10.1 Å². The molecule has 1 aromatic rings. The molecule has 1 aromatic carbocycles. The van der Waals surface area contributed by atoms with Gasteiger partial charge in [0.05, 0.1) is 6.61 Å². The maximum absolute atomic E-state index is 5.54. The van der Waals surface area contributed by atoms with Crippen molar-refractivity contribution in [2.45, 2.75) is 32.7 Å². The summed E-state index contributed by atoms with van der Waals surface area (Å²) in [5.74, 6) is 1.93. The monoisotopic (exact) mass is 219 g/mol. The van der Waals surface area contributed by atoms with Gasteiger partial charge in [-0.25, -0.2) is 0 Å². The zero-order valence-electron chi connectivity index (χ0n) is 10.0. The second-order valence-corrected chi connectivity index (χ2v) is 4.57. The minimum atomic E-state index is 0.805. The van der Waals surface area contributed by atoms with E-state index in [2.05, 4.69) is 36.5 Å². The molecule has 0 saturated heterocycles. The van der Waals surface area contributed by atoms with E-state index in [1.54, 1.807) is 0 Å². The number of ether oxygens (including phenoxy) is 1. The normalized spacial score (nSPS) is 15.1. The maximum Gasteiger partial charge on any atom is 0.119 e. The molecule has 1 aliphatic rings. The third kappa shape index (κ3) is 3.86. The van der Waals surface area contributed by atoms with Crippen LogP contribution < -0.4 is 10.1 Å². The number of hydrogen-bond donors (Lipinski definition) is 1. The highest BCUT2D eigenvalue weighted by Gasteiger charge is 2.19. The lowest BCUT2D eigenvalue weighted by molar-refractivity contribution is 0.317. The molecule has 1 fully saturated rings. The highest BCUT2D eigenvalue weighted by atomic mass is 16.5. The molecule has 0 atom stereocenters. The molecule has 2 nitrogen and oxygen atoms in total. The first-order chi connectivity index (χ1) is 7.88. The molecule has 2 rings (SSSR count). The van der Waals surface area contributed by atoms with Gasteiger partial charge in [-0.3, -0.25) is 0 Å². The van der Waals surface area contributed by atoms with Crippen molar-refractivity contribution in [3.63, 3.8) is 0 Å². The molecule has 0 unspecified atom stereocenters. The van der Waals surface area contributed by atoms with Crippen molar-refractivity contribution in [1.29, 1.82) is 0 Å². The SMILES string of the molecule is CCCOc1ccc(CNCC2CC2)cc1. The van der Waals surface area contributed by atoms with Gasteiger partial charge >= 0.3 is 0 Å². The molecule has 0 aromatic heterocycles. The fourth-order valence-corrected chi connectivity index (χ4v) is 1.67. The number of rotatable bonds is 7. The van der Waals surface area contributed by atoms with Gasteiger partial charge in [-0.15, -0.1) is 0 Å². The smallest absolute Gasteiger partial charge is 0.119 e. The molecule has 2 heteroatoms. The predicted octanol–water partition coefficient (Wildman–Crippen LogP) is 2.98. The Morgan fingerprint density at radius 3 is 2.62 bits per heavy atom. The quantitative estimate of drug-likeness (QED) is 0.761. The summed E-state index contributed by atoms with van der Waals surface area (Å²) in [5.41, 5.74) is 1.34. The van der Waals surface area contributed by atoms with E-state index in [4.69, 9.17) is 4.74 Å². The Morgan fingerprint density at radius 2 is 2.00 bits per heavy atom. The molecule has 0 radical (unpaired) electrons. The summed E-state index contributed by atoms with van der Waals surface area (Å²) < 4.78 is 5.54. The van der Waals surface area contributed by atoms with Crippen LogP contribution in [-0.4, -0.2) is 13.2 Å². The Balaban J connectivity index is 1.72. The zero-order valence-corrected chi connectivity index (χ0v) is 10.0.